The number of hydrogen-bond donors (Lipinski definition) is 3. The molecule has 0 aromatic heterocycles. The van der Waals surface area contributed by atoms with E-state index in [1.54, 1.807) is 0 Å². The normalized spacial score (nSPS) is 13.2. The van der Waals surface area contributed by atoms with Crippen LogP contribution >= 0.6 is 0 Å². The summed E-state index contributed by atoms with van der Waals surface area (Å²) >= 11 is 0. The fourth-order valence-electron chi connectivity index (χ4n) is 2.83. The van der Waals surface area contributed by atoms with Gasteiger partial charge in [0.05, 0.1) is 16.7 Å². The molecule has 26 heavy (non-hydrogen) atoms. The maximum atomic E-state index is 11.2. The average Bonchev–Trinajstić information content (AvgIpc) is 3.01. The molecule has 0 spiro atoms. The third-order valence-corrected chi connectivity index (χ3v) is 3.88. The number of non-ortho nitro benzene ring substituents is 1. The first-order chi connectivity index (χ1) is 12.4. The standard InChI is InChI=1S/C17H18N6O3/c18-16(19)22-17(20)21-12-7-13(23(24)25)9-15(8-12)26-14-5-4-10-2-1-3-11(10)6-14/h4-9H,1-3H2,(H6,18,19,20,21,22). The zero-order chi connectivity index (χ0) is 18.7. The molecule has 134 valence electrons. The van der Waals surface area contributed by atoms with Crippen molar-refractivity contribution in [2.45, 2.75) is 19.3 Å². The van der Waals surface area contributed by atoms with E-state index in [0.717, 1.165) is 19.3 Å². The van der Waals surface area contributed by atoms with Gasteiger partial charge < -0.3 is 21.9 Å². The van der Waals surface area contributed by atoms with Crippen LogP contribution in [0.15, 0.2) is 46.4 Å². The molecule has 2 aromatic carbocycles. The molecule has 1 aliphatic rings. The molecule has 2 aromatic rings. The number of nitrogens with two attached hydrogens (primary N) is 3. The summed E-state index contributed by atoms with van der Waals surface area (Å²) in [5.41, 5.74) is 18.6. The van der Waals surface area contributed by atoms with Gasteiger partial charge in [-0.15, -0.1) is 0 Å². The van der Waals surface area contributed by atoms with E-state index in [2.05, 4.69) is 9.98 Å². The van der Waals surface area contributed by atoms with E-state index in [1.165, 1.54) is 29.3 Å². The molecule has 0 aliphatic heterocycles. The van der Waals surface area contributed by atoms with Crippen LogP contribution in [0.25, 0.3) is 0 Å². The maximum absolute atomic E-state index is 11.2. The Morgan fingerprint density at radius 2 is 1.81 bits per heavy atom. The highest BCUT2D eigenvalue weighted by Gasteiger charge is 2.14. The molecular weight excluding hydrogens is 336 g/mol. The van der Waals surface area contributed by atoms with E-state index in [1.807, 2.05) is 18.2 Å². The van der Waals surface area contributed by atoms with Gasteiger partial charge in [0.15, 0.2) is 5.96 Å². The first kappa shape index (κ1) is 17.2. The number of rotatable bonds is 4. The number of aryl methyl sites for hydroxylation is 2. The van der Waals surface area contributed by atoms with Gasteiger partial charge in [0.25, 0.3) is 5.69 Å². The molecule has 0 heterocycles. The molecule has 0 radical (unpaired) electrons. The smallest absolute Gasteiger partial charge is 0.275 e. The molecule has 0 atom stereocenters. The Bertz CT molecular complexity index is 919. The van der Waals surface area contributed by atoms with Crippen LogP contribution in [0.5, 0.6) is 11.5 Å². The minimum Gasteiger partial charge on any atom is -0.457 e. The molecule has 6 N–H and O–H groups in total. The van der Waals surface area contributed by atoms with Crippen molar-refractivity contribution in [3.05, 3.63) is 57.6 Å². The second-order valence-corrected chi connectivity index (χ2v) is 5.84. The van der Waals surface area contributed by atoms with Crippen LogP contribution in [0.1, 0.15) is 17.5 Å². The first-order valence-electron chi connectivity index (χ1n) is 7.93. The summed E-state index contributed by atoms with van der Waals surface area (Å²) in [5.74, 6) is 0.409. The summed E-state index contributed by atoms with van der Waals surface area (Å²) in [5, 5.41) is 11.2. The second-order valence-electron chi connectivity index (χ2n) is 5.84. The number of guanidine groups is 2. The van der Waals surface area contributed by atoms with Gasteiger partial charge in [0.2, 0.25) is 5.96 Å². The maximum Gasteiger partial charge on any atom is 0.275 e. The van der Waals surface area contributed by atoms with Crippen molar-refractivity contribution in [3.8, 4) is 11.5 Å². The molecule has 9 heteroatoms. The van der Waals surface area contributed by atoms with E-state index in [4.69, 9.17) is 21.9 Å². The summed E-state index contributed by atoms with van der Waals surface area (Å²) in [7, 11) is 0. The number of benzene rings is 2. The zero-order valence-corrected chi connectivity index (χ0v) is 13.9. The Morgan fingerprint density at radius 1 is 1.04 bits per heavy atom. The van der Waals surface area contributed by atoms with Crippen molar-refractivity contribution in [2.75, 3.05) is 0 Å². The van der Waals surface area contributed by atoms with Crippen molar-refractivity contribution in [1.29, 1.82) is 0 Å². The van der Waals surface area contributed by atoms with Crippen LogP contribution in [0, 0.1) is 10.1 Å². The third kappa shape index (κ3) is 4.07. The third-order valence-electron chi connectivity index (χ3n) is 3.88. The van der Waals surface area contributed by atoms with Gasteiger partial charge in [-0.1, -0.05) is 6.07 Å². The van der Waals surface area contributed by atoms with E-state index < -0.39 is 4.92 Å². The summed E-state index contributed by atoms with van der Waals surface area (Å²) in [4.78, 5) is 18.2. The van der Waals surface area contributed by atoms with Gasteiger partial charge in [0, 0.05) is 12.1 Å². The van der Waals surface area contributed by atoms with Gasteiger partial charge in [-0.05, 0) is 42.5 Å². The molecule has 0 bridgehead atoms. The van der Waals surface area contributed by atoms with Crippen molar-refractivity contribution in [1.82, 2.24) is 0 Å². The predicted molar refractivity (Wildman–Crippen MR) is 98.7 cm³/mol. The predicted octanol–water partition coefficient (Wildman–Crippen LogP) is 2.10. The van der Waals surface area contributed by atoms with Crippen LogP contribution in [0.2, 0.25) is 0 Å². The lowest BCUT2D eigenvalue weighted by Gasteiger charge is -2.08. The van der Waals surface area contributed by atoms with E-state index in [9.17, 15) is 10.1 Å². The topological polar surface area (TPSA) is 155 Å². The highest BCUT2D eigenvalue weighted by Crippen LogP contribution is 2.33. The molecule has 0 saturated heterocycles. The minimum atomic E-state index is -0.536. The van der Waals surface area contributed by atoms with Crippen LogP contribution < -0.4 is 21.9 Å². The van der Waals surface area contributed by atoms with E-state index in [-0.39, 0.29) is 29.0 Å². The van der Waals surface area contributed by atoms with Crippen LogP contribution in [0.3, 0.4) is 0 Å². The zero-order valence-electron chi connectivity index (χ0n) is 13.9. The van der Waals surface area contributed by atoms with Crippen molar-refractivity contribution < 1.29 is 9.66 Å². The molecule has 0 unspecified atom stereocenters. The van der Waals surface area contributed by atoms with Gasteiger partial charge >= 0.3 is 0 Å². The summed E-state index contributed by atoms with van der Waals surface area (Å²) in [6.07, 6.45) is 3.19. The fourth-order valence-corrected chi connectivity index (χ4v) is 2.83. The van der Waals surface area contributed by atoms with Gasteiger partial charge in [-0.3, -0.25) is 10.1 Å². The van der Waals surface area contributed by atoms with Crippen LogP contribution in [-0.2, 0) is 12.8 Å². The Morgan fingerprint density at radius 3 is 2.54 bits per heavy atom. The Kier molecular flexibility index (Phi) is 4.70. The number of nitro benzene ring substituents is 1. The van der Waals surface area contributed by atoms with Gasteiger partial charge in [-0.25, -0.2) is 4.99 Å². The summed E-state index contributed by atoms with van der Waals surface area (Å²) in [6, 6.07) is 9.92. The van der Waals surface area contributed by atoms with Gasteiger partial charge in [-0.2, -0.15) is 4.99 Å². The lowest BCUT2D eigenvalue weighted by Crippen LogP contribution is -2.26. The number of nitro groups is 1. The lowest BCUT2D eigenvalue weighted by atomic mass is 10.1. The summed E-state index contributed by atoms with van der Waals surface area (Å²) < 4.78 is 5.80. The van der Waals surface area contributed by atoms with E-state index in [0.29, 0.717) is 5.75 Å². The van der Waals surface area contributed by atoms with Crippen molar-refractivity contribution >= 4 is 23.3 Å². The van der Waals surface area contributed by atoms with Crippen LogP contribution in [-0.4, -0.2) is 16.8 Å². The van der Waals surface area contributed by atoms with Crippen LogP contribution in [0.4, 0.5) is 11.4 Å². The number of ether oxygens (including phenoxy) is 1. The molecule has 0 saturated carbocycles. The molecule has 0 amide bonds. The fraction of sp³-hybridized carbons (Fsp3) is 0.176. The molecule has 1 aliphatic carbocycles. The van der Waals surface area contributed by atoms with Crippen molar-refractivity contribution in [2.24, 2.45) is 27.2 Å². The number of nitrogens with zero attached hydrogens (tertiary/aromatic N) is 3. The molecule has 3 rings (SSSR count). The molecular formula is C17H18N6O3. The van der Waals surface area contributed by atoms with E-state index >= 15 is 0 Å². The molecule has 0 fully saturated rings. The first-order valence-corrected chi connectivity index (χ1v) is 7.93. The quantitative estimate of drug-likeness (QED) is 0.330. The second kappa shape index (κ2) is 7.09. The lowest BCUT2D eigenvalue weighted by molar-refractivity contribution is -0.384. The van der Waals surface area contributed by atoms with Gasteiger partial charge in [0.1, 0.15) is 11.5 Å². The molecule has 9 nitrogen and oxygen atoms in total. The highest BCUT2D eigenvalue weighted by molar-refractivity contribution is 5.93. The Balaban J connectivity index is 1.93. The summed E-state index contributed by atoms with van der Waals surface area (Å²) in [6.45, 7) is 0. The monoisotopic (exact) mass is 354 g/mol. The number of hydrogen-bond acceptors (Lipinski definition) is 4. The minimum absolute atomic E-state index is 0.181. The number of aliphatic imine (C=N–C) groups is 2. The largest absolute Gasteiger partial charge is 0.457 e. The number of fused-ring (bicyclic) bond motifs is 1. The average molecular weight is 354 g/mol. The van der Waals surface area contributed by atoms with Crippen molar-refractivity contribution in [3.63, 3.8) is 0 Å². The Labute approximate surface area is 149 Å². The highest BCUT2D eigenvalue weighted by atomic mass is 16.6. The SMILES string of the molecule is NC(N)=NC(N)=Nc1cc(Oc2ccc3c(c2)CCC3)cc([N+](=O)[O-])c1. The Hall–Kier alpha value is -3.62.